The lowest BCUT2D eigenvalue weighted by Gasteiger charge is -2.20. The summed E-state index contributed by atoms with van der Waals surface area (Å²) in [5.74, 6) is -1.15. The summed E-state index contributed by atoms with van der Waals surface area (Å²) in [5, 5.41) is 11.8. The molecule has 0 aliphatic heterocycles. The lowest BCUT2D eigenvalue weighted by atomic mass is 10.1. The van der Waals surface area contributed by atoms with E-state index < -0.39 is 12.0 Å². The summed E-state index contributed by atoms with van der Waals surface area (Å²) >= 11 is 0. The molecular formula is C17H26N2O4. The highest BCUT2D eigenvalue weighted by Gasteiger charge is 2.18. The van der Waals surface area contributed by atoms with Gasteiger partial charge in [-0.25, -0.2) is 0 Å². The van der Waals surface area contributed by atoms with Crippen LogP contribution in [0.1, 0.15) is 31.4 Å². The van der Waals surface area contributed by atoms with Crippen LogP contribution in [0.2, 0.25) is 0 Å². The van der Waals surface area contributed by atoms with Crippen molar-refractivity contribution in [3.63, 3.8) is 0 Å². The van der Waals surface area contributed by atoms with Gasteiger partial charge in [0.1, 0.15) is 6.04 Å². The van der Waals surface area contributed by atoms with E-state index in [-0.39, 0.29) is 12.5 Å². The minimum atomic E-state index is -0.946. The van der Waals surface area contributed by atoms with Crippen LogP contribution in [-0.2, 0) is 27.5 Å². The van der Waals surface area contributed by atoms with Gasteiger partial charge in [-0.2, -0.15) is 0 Å². The topological polar surface area (TPSA) is 78.9 Å². The molecule has 1 aromatic carbocycles. The van der Waals surface area contributed by atoms with Crippen LogP contribution in [0.3, 0.4) is 0 Å². The molecule has 1 atom stereocenters. The molecule has 0 heterocycles. The molecule has 0 saturated carbocycles. The Hall–Kier alpha value is -1.92. The lowest BCUT2D eigenvalue weighted by Crippen LogP contribution is -2.42. The van der Waals surface area contributed by atoms with Crippen molar-refractivity contribution in [3.05, 3.63) is 35.4 Å². The second kappa shape index (κ2) is 9.97. The minimum Gasteiger partial charge on any atom is -0.480 e. The van der Waals surface area contributed by atoms with Crippen molar-refractivity contribution in [2.75, 3.05) is 20.2 Å². The molecule has 0 radical (unpaired) electrons. The SMILES string of the molecule is CCCOCc1ccccc1CNC(=O)CN(C)C(C)C(=O)O. The lowest BCUT2D eigenvalue weighted by molar-refractivity contribution is -0.142. The molecule has 1 unspecified atom stereocenters. The van der Waals surface area contributed by atoms with Crippen LogP contribution in [0.5, 0.6) is 0 Å². The highest BCUT2D eigenvalue weighted by molar-refractivity contribution is 5.79. The van der Waals surface area contributed by atoms with Gasteiger partial charge in [0.15, 0.2) is 0 Å². The van der Waals surface area contributed by atoms with Crippen molar-refractivity contribution in [2.24, 2.45) is 0 Å². The Morgan fingerprint density at radius 3 is 2.57 bits per heavy atom. The number of nitrogens with one attached hydrogen (secondary N) is 1. The van der Waals surface area contributed by atoms with Crippen molar-refractivity contribution >= 4 is 11.9 Å². The number of rotatable bonds is 10. The maximum Gasteiger partial charge on any atom is 0.320 e. The Morgan fingerprint density at radius 1 is 1.30 bits per heavy atom. The molecule has 0 saturated heterocycles. The van der Waals surface area contributed by atoms with Gasteiger partial charge in [-0.3, -0.25) is 14.5 Å². The number of carboxylic acids is 1. The smallest absolute Gasteiger partial charge is 0.320 e. The first-order valence-corrected chi connectivity index (χ1v) is 7.80. The zero-order valence-electron chi connectivity index (χ0n) is 14.0. The molecule has 23 heavy (non-hydrogen) atoms. The molecular weight excluding hydrogens is 296 g/mol. The molecule has 128 valence electrons. The van der Waals surface area contributed by atoms with Crippen LogP contribution >= 0.6 is 0 Å². The number of hydrogen-bond acceptors (Lipinski definition) is 4. The van der Waals surface area contributed by atoms with E-state index in [1.165, 1.54) is 4.90 Å². The van der Waals surface area contributed by atoms with Crippen LogP contribution in [0.4, 0.5) is 0 Å². The Kier molecular flexibility index (Phi) is 8.29. The number of likely N-dealkylation sites (N-methyl/N-ethyl adjacent to an activating group) is 1. The van der Waals surface area contributed by atoms with Crippen molar-refractivity contribution in [1.29, 1.82) is 0 Å². The predicted molar refractivity (Wildman–Crippen MR) is 88.0 cm³/mol. The summed E-state index contributed by atoms with van der Waals surface area (Å²) in [7, 11) is 1.62. The monoisotopic (exact) mass is 322 g/mol. The van der Waals surface area contributed by atoms with E-state index in [9.17, 15) is 9.59 Å². The molecule has 0 aliphatic rings. The fourth-order valence-corrected chi connectivity index (χ4v) is 2.00. The number of amides is 1. The van der Waals surface area contributed by atoms with Gasteiger partial charge in [0.25, 0.3) is 0 Å². The van der Waals surface area contributed by atoms with Gasteiger partial charge in [-0.1, -0.05) is 31.2 Å². The van der Waals surface area contributed by atoms with Gasteiger partial charge < -0.3 is 15.2 Å². The van der Waals surface area contributed by atoms with E-state index in [0.717, 1.165) is 17.5 Å². The fraction of sp³-hybridized carbons (Fsp3) is 0.529. The van der Waals surface area contributed by atoms with E-state index in [2.05, 4.69) is 12.2 Å². The van der Waals surface area contributed by atoms with Crippen LogP contribution in [0.25, 0.3) is 0 Å². The Morgan fingerprint density at radius 2 is 1.96 bits per heavy atom. The molecule has 2 N–H and O–H groups in total. The highest BCUT2D eigenvalue weighted by Crippen LogP contribution is 2.10. The molecule has 6 nitrogen and oxygen atoms in total. The molecule has 0 spiro atoms. The first-order chi connectivity index (χ1) is 11.0. The Balaban J connectivity index is 2.51. The number of benzene rings is 1. The quantitative estimate of drug-likeness (QED) is 0.640. The zero-order valence-corrected chi connectivity index (χ0v) is 14.0. The fourth-order valence-electron chi connectivity index (χ4n) is 2.00. The molecule has 6 heteroatoms. The molecule has 0 bridgehead atoms. The second-order valence-electron chi connectivity index (χ2n) is 5.53. The van der Waals surface area contributed by atoms with Crippen LogP contribution in [0, 0.1) is 0 Å². The van der Waals surface area contributed by atoms with Gasteiger partial charge >= 0.3 is 5.97 Å². The average molecular weight is 322 g/mol. The summed E-state index contributed by atoms with van der Waals surface area (Å²) in [6.07, 6.45) is 0.965. The number of carbonyl (C=O) groups is 2. The molecule has 0 aliphatic carbocycles. The summed E-state index contributed by atoms with van der Waals surface area (Å²) in [5.41, 5.74) is 2.05. The number of carbonyl (C=O) groups excluding carboxylic acids is 1. The Bertz CT molecular complexity index is 519. The summed E-state index contributed by atoms with van der Waals surface area (Å²) in [4.78, 5) is 24.3. The molecule has 0 aromatic heterocycles. The maximum absolute atomic E-state index is 11.9. The van der Waals surface area contributed by atoms with E-state index in [1.807, 2.05) is 24.3 Å². The van der Waals surface area contributed by atoms with E-state index >= 15 is 0 Å². The van der Waals surface area contributed by atoms with Crippen LogP contribution in [-0.4, -0.2) is 48.1 Å². The number of carboxylic acid groups (broad SMARTS) is 1. The molecule has 1 rings (SSSR count). The summed E-state index contributed by atoms with van der Waals surface area (Å²) in [6.45, 7) is 5.28. The number of aliphatic carboxylic acids is 1. The third kappa shape index (κ3) is 6.80. The third-order valence-electron chi connectivity index (χ3n) is 3.61. The van der Waals surface area contributed by atoms with Gasteiger partial charge in [0.05, 0.1) is 13.2 Å². The van der Waals surface area contributed by atoms with Gasteiger partial charge in [0, 0.05) is 13.2 Å². The summed E-state index contributed by atoms with van der Waals surface area (Å²) in [6, 6.07) is 7.10. The van der Waals surface area contributed by atoms with E-state index in [4.69, 9.17) is 9.84 Å². The van der Waals surface area contributed by atoms with Gasteiger partial charge in [0.2, 0.25) is 5.91 Å². The molecule has 1 aromatic rings. The predicted octanol–water partition coefficient (Wildman–Crippen LogP) is 1.63. The van der Waals surface area contributed by atoms with Crippen molar-refractivity contribution in [2.45, 2.75) is 39.5 Å². The minimum absolute atomic E-state index is 0.0436. The standard InChI is InChI=1S/C17H26N2O4/c1-4-9-23-12-15-8-6-5-7-14(15)10-18-16(20)11-19(3)13(2)17(21)22/h5-8,13H,4,9-12H2,1-3H3,(H,18,20)(H,21,22). The third-order valence-corrected chi connectivity index (χ3v) is 3.61. The Labute approximate surface area is 137 Å². The van der Waals surface area contributed by atoms with Gasteiger partial charge in [-0.15, -0.1) is 0 Å². The zero-order chi connectivity index (χ0) is 17.2. The highest BCUT2D eigenvalue weighted by atomic mass is 16.5. The van der Waals surface area contributed by atoms with Crippen molar-refractivity contribution < 1.29 is 19.4 Å². The first-order valence-electron chi connectivity index (χ1n) is 7.80. The normalized spacial score (nSPS) is 12.2. The number of nitrogens with zero attached hydrogens (tertiary/aromatic N) is 1. The number of hydrogen-bond donors (Lipinski definition) is 2. The van der Waals surface area contributed by atoms with Crippen LogP contribution < -0.4 is 5.32 Å². The largest absolute Gasteiger partial charge is 0.480 e. The van der Waals surface area contributed by atoms with Crippen LogP contribution in [0.15, 0.2) is 24.3 Å². The average Bonchev–Trinajstić information content (AvgIpc) is 2.53. The van der Waals surface area contributed by atoms with E-state index in [1.54, 1.807) is 14.0 Å². The second-order valence-corrected chi connectivity index (χ2v) is 5.53. The first kappa shape index (κ1) is 19.1. The van der Waals surface area contributed by atoms with Gasteiger partial charge in [-0.05, 0) is 31.5 Å². The molecule has 1 amide bonds. The molecule has 0 fully saturated rings. The summed E-state index contributed by atoms with van der Waals surface area (Å²) < 4.78 is 5.55. The van der Waals surface area contributed by atoms with E-state index in [0.29, 0.717) is 19.8 Å². The number of ether oxygens (including phenoxy) is 1. The maximum atomic E-state index is 11.9. The van der Waals surface area contributed by atoms with Crippen molar-refractivity contribution in [3.8, 4) is 0 Å². The van der Waals surface area contributed by atoms with Crippen molar-refractivity contribution in [1.82, 2.24) is 10.2 Å².